The van der Waals surface area contributed by atoms with Gasteiger partial charge in [0.15, 0.2) is 0 Å². The van der Waals surface area contributed by atoms with E-state index in [4.69, 9.17) is 0 Å². The summed E-state index contributed by atoms with van der Waals surface area (Å²) < 4.78 is 1.77. The number of nitrogens with zero attached hydrogens (tertiary/aromatic N) is 4. The van der Waals surface area contributed by atoms with Crippen molar-refractivity contribution in [1.29, 1.82) is 0 Å². The minimum Gasteiger partial charge on any atom is -0.349 e. The van der Waals surface area contributed by atoms with Crippen LogP contribution in [0.2, 0.25) is 0 Å². The minimum absolute atomic E-state index is 0.0688. The summed E-state index contributed by atoms with van der Waals surface area (Å²) in [4.78, 5) is 19.3. The first-order chi connectivity index (χ1) is 10.5. The molecule has 1 spiro atoms. The quantitative estimate of drug-likeness (QED) is 0.909. The second-order valence-corrected chi connectivity index (χ2v) is 7.26. The van der Waals surface area contributed by atoms with Crippen LogP contribution >= 0.6 is 0 Å². The number of fused-ring (bicyclic) bond motifs is 1. The zero-order chi connectivity index (χ0) is 15.7. The van der Waals surface area contributed by atoms with Crippen molar-refractivity contribution in [2.24, 2.45) is 5.92 Å². The molecule has 1 amide bonds. The number of rotatable bonds is 3. The van der Waals surface area contributed by atoms with E-state index in [2.05, 4.69) is 34.1 Å². The van der Waals surface area contributed by atoms with Crippen molar-refractivity contribution in [2.75, 3.05) is 19.6 Å². The SMILES string of the molecule is Cc1nc2n(n1)CC(=O)NC1(CCN(CCC(C)C)CC1)C2. The van der Waals surface area contributed by atoms with E-state index >= 15 is 0 Å². The normalized spacial score (nSPS) is 21.7. The molecule has 0 aliphatic carbocycles. The van der Waals surface area contributed by atoms with Crippen LogP contribution in [-0.4, -0.2) is 50.7 Å². The maximum absolute atomic E-state index is 12.2. The van der Waals surface area contributed by atoms with Crippen molar-refractivity contribution >= 4 is 5.91 Å². The maximum Gasteiger partial charge on any atom is 0.242 e. The van der Waals surface area contributed by atoms with Crippen LogP contribution < -0.4 is 5.32 Å². The van der Waals surface area contributed by atoms with Crippen molar-refractivity contribution in [2.45, 2.75) is 58.5 Å². The van der Waals surface area contributed by atoms with Crippen molar-refractivity contribution in [3.63, 3.8) is 0 Å². The van der Waals surface area contributed by atoms with Gasteiger partial charge in [0.1, 0.15) is 18.2 Å². The second-order valence-electron chi connectivity index (χ2n) is 7.26. The zero-order valence-corrected chi connectivity index (χ0v) is 13.9. The standard InChI is InChI=1S/C16H27N5O/c1-12(2)4-7-20-8-5-16(6-9-20)10-14-17-13(3)19-21(14)11-15(22)18-16/h12H,4-11H2,1-3H3,(H,18,22). The number of carbonyl (C=O) groups is 1. The molecule has 2 aliphatic rings. The van der Waals surface area contributed by atoms with Gasteiger partial charge < -0.3 is 10.2 Å². The van der Waals surface area contributed by atoms with Gasteiger partial charge in [-0.3, -0.25) is 4.79 Å². The Morgan fingerprint density at radius 3 is 2.73 bits per heavy atom. The molecule has 1 fully saturated rings. The highest BCUT2D eigenvalue weighted by Crippen LogP contribution is 2.28. The summed E-state index contributed by atoms with van der Waals surface area (Å²) in [5.41, 5.74) is -0.126. The van der Waals surface area contributed by atoms with Gasteiger partial charge in [0.05, 0.1) is 0 Å². The number of aryl methyl sites for hydroxylation is 1. The Morgan fingerprint density at radius 1 is 1.32 bits per heavy atom. The number of amides is 1. The van der Waals surface area contributed by atoms with Gasteiger partial charge in [-0.2, -0.15) is 5.10 Å². The third kappa shape index (κ3) is 3.32. The highest BCUT2D eigenvalue weighted by Gasteiger charge is 2.39. The predicted octanol–water partition coefficient (Wildman–Crippen LogP) is 1.14. The lowest BCUT2D eigenvalue weighted by Crippen LogP contribution is -2.56. The molecule has 22 heavy (non-hydrogen) atoms. The molecule has 0 atom stereocenters. The monoisotopic (exact) mass is 305 g/mol. The van der Waals surface area contributed by atoms with Gasteiger partial charge in [-0.1, -0.05) is 13.8 Å². The molecule has 2 aliphatic heterocycles. The van der Waals surface area contributed by atoms with Gasteiger partial charge in [-0.25, -0.2) is 9.67 Å². The summed E-state index contributed by atoms with van der Waals surface area (Å²) in [5, 5.41) is 7.60. The highest BCUT2D eigenvalue weighted by molar-refractivity contribution is 5.77. The molecular weight excluding hydrogens is 278 g/mol. The summed E-state index contributed by atoms with van der Waals surface area (Å²) in [7, 11) is 0. The van der Waals surface area contributed by atoms with Crippen LogP contribution in [-0.2, 0) is 17.8 Å². The molecule has 0 aromatic carbocycles. The zero-order valence-electron chi connectivity index (χ0n) is 13.9. The molecular formula is C16H27N5O. The number of carbonyl (C=O) groups excluding carboxylic acids is 1. The number of hydrogen-bond donors (Lipinski definition) is 1. The van der Waals surface area contributed by atoms with E-state index in [-0.39, 0.29) is 11.4 Å². The molecule has 1 N–H and O–H groups in total. The molecule has 1 saturated heterocycles. The first-order valence-electron chi connectivity index (χ1n) is 8.39. The van der Waals surface area contributed by atoms with Gasteiger partial charge in [0.2, 0.25) is 5.91 Å². The van der Waals surface area contributed by atoms with E-state index in [9.17, 15) is 4.79 Å². The Hall–Kier alpha value is -1.43. The van der Waals surface area contributed by atoms with E-state index < -0.39 is 0 Å². The summed E-state index contributed by atoms with van der Waals surface area (Å²) in [6.45, 7) is 10.0. The number of piperidine rings is 1. The van der Waals surface area contributed by atoms with Crippen LogP contribution in [0, 0.1) is 12.8 Å². The average Bonchev–Trinajstić information content (AvgIpc) is 2.71. The van der Waals surface area contributed by atoms with E-state index in [0.29, 0.717) is 6.54 Å². The minimum atomic E-state index is -0.126. The fraction of sp³-hybridized carbons (Fsp3) is 0.812. The Labute approximate surface area is 132 Å². The van der Waals surface area contributed by atoms with Gasteiger partial charge in [-0.15, -0.1) is 0 Å². The van der Waals surface area contributed by atoms with Crippen molar-refractivity contribution in [3.8, 4) is 0 Å². The molecule has 3 heterocycles. The molecule has 1 aromatic heterocycles. The highest BCUT2D eigenvalue weighted by atomic mass is 16.2. The number of hydrogen-bond acceptors (Lipinski definition) is 4. The van der Waals surface area contributed by atoms with Gasteiger partial charge >= 0.3 is 0 Å². The molecule has 122 valence electrons. The number of nitrogens with one attached hydrogen (secondary N) is 1. The van der Waals surface area contributed by atoms with E-state index in [0.717, 1.165) is 56.5 Å². The Bertz CT molecular complexity index is 543. The van der Waals surface area contributed by atoms with Crippen LogP contribution in [0.5, 0.6) is 0 Å². The maximum atomic E-state index is 12.2. The van der Waals surface area contributed by atoms with E-state index in [1.54, 1.807) is 4.68 Å². The fourth-order valence-electron chi connectivity index (χ4n) is 3.52. The van der Waals surface area contributed by atoms with E-state index in [1.165, 1.54) is 6.42 Å². The first-order valence-corrected chi connectivity index (χ1v) is 8.39. The lowest BCUT2D eigenvalue weighted by atomic mass is 9.84. The lowest BCUT2D eigenvalue weighted by molar-refractivity contribution is -0.123. The Kier molecular flexibility index (Phi) is 4.21. The molecule has 0 radical (unpaired) electrons. The second kappa shape index (κ2) is 5.99. The summed E-state index contributed by atoms with van der Waals surface area (Å²) >= 11 is 0. The van der Waals surface area contributed by atoms with Crippen molar-refractivity contribution < 1.29 is 4.79 Å². The first kappa shape index (κ1) is 15.5. The predicted molar refractivity (Wildman–Crippen MR) is 84.5 cm³/mol. The summed E-state index contributed by atoms with van der Waals surface area (Å²) in [6.07, 6.45) is 4.05. The third-order valence-corrected chi connectivity index (χ3v) is 4.88. The molecule has 3 rings (SSSR count). The van der Waals surface area contributed by atoms with Crippen molar-refractivity contribution in [1.82, 2.24) is 25.0 Å². The van der Waals surface area contributed by atoms with Crippen LogP contribution in [0.15, 0.2) is 0 Å². The Morgan fingerprint density at radius 2 is 2.05 bits per heavy atom. The van der Waals surface area contributed by atoms with Gasteiger partial charge in [0.25, 0.3) is 0 Å². The third-order valence-electron chi connectivity index (χ3n) is 4.88. The lowest BCUT2D eigenvalue weighted by Gasteiger charge is -2.41. The van der Waals surface area contributed by atoms with Gasteiger partial charge in [0, 0.05) is 25.0 Å². The molecule has 6 nitrogen and oxygen atoms in total. The Balaban J connectivity index is 1.68. The molecule has 0 unspecified atom stereocenters. The van der Waals surface area contributed by atoms with Crippen LogP contribution in [0.1, 0.15) is 44.8 Å². The fourth-order valence-corrected chi connectivity index (χ4v) is 3.52. The molecule has 0 bridgehead atoms. The van der Waals surface area contributed by atoms with E-state index in [1.807, 2.05) is 6.92 Å². The number of aromatic nitrogens is 3. The van der Waals surface area contributed by atoms with Crippen LogP contribution in [0.4, 0.5) is 0 Å². The van der Waals surface area contributed by atoms with Crippen LogP contribution in [0.25, 0.3) is 0 Å². The smallest absolute Gasteiger partial charge is 0.242 e. The number of likely N-dealkylation sites (tertiary alicyclic amines) is 1. The van der Waals surface area contributed by atoms with Crippen LogP contribution in [0.3, 0.4) is 0 Å². The van der Waals surface area contributed by atoms with Crippen molar-refractivity contribution in [3.05, 3.63) is 11.6 Å². The van der Waals surface area contributed by atoms with Gasteiger partial charge in [-0.05, 0) is 38.6 Å². The molecule has 6 heteroatoms. The summed E-state index contributed by atoms with van der Waals surface area (Å²) in [6, 6.07) is 0. The molecule has 0 saturated carbocycles. The average molecular weight is 305 g/mol. The molecule has 1 aromatic rings. The topological polar surface area (TPSA) is 63.1 Å². The summed E-state index contributed by atoms with van der Waals surface area (Å²) in [5.74, 6) is 2.52. The largest absolute Gasteiger partial charge is 0.349 e.